The number of carbonyl (C=O) groups excluding carboxylic acids is 1. The maximum absolute atomic E-state index is 15.1. The highest BCUT2D eigenvalue weighted by Crippen LogP contribution is 2.29. The molecule has 3 rings (SSSR count). The molecule has 1 aromatic heterocycles. The van der Waals surface area contributed by atoms with Crippen molar-refractivity contribution < 1.29 is 9.18 Å². The Labute approximate surface area is 178 Å². The lowest BCUT2D eigenvalue weighted by Gasteiger charge is -2.36. The number of carbonyl (C=O) groups is 1. The third-order valence-corrected chi connectivity index (χ3v) is 6.00. The number of aromatic nitrogens is 2. The molecule has 0 atom stereocenters. The van der Waals surface area contributed by atoms with Gasteiger partial charge in [0.05, 0.1) is 12.2 Å². The largest absolute Gasteiger partial charge is 0.349 e. The van der Waals surface area contributed by atoms with Gasteiger partial charge in [0.2, 0.25) is 0 Å². The third-order valence-electron chi connectivity index (χ3n) is 5.09. The number of aryl methyl sites for hydroxylation is 2. The van der Waals surface area contributed by atoms with Crippen LogP contribution < -0.4 is 5.32 Å². The van der Waals surface area contributed by atoms with Crippen LogP contribution in [0.2, 0.25) is 15.2 Å². The molecule has 0 saturated carbocycles. The molecule has 28 heavy (non-hydrogen) atoms. The Morgan fingerprint density at radius 2 is 1.82 bits per heavy atom. The Bertz CT molecular complexity index is 858. The summed E-state index contributed by atoms with van der Waals surface area (Å²) in [7, 11) is 1.80. The lowest BCUT2D eigenvalue weighted by Crippen LogP contribution is -2.48. The van der Waals surface area contributed by atoms with Crippen molar-refractivity contribution >= 4 is 40.7 Å². The van der Waals surface area contributed by atoms with Crippen LogP contribution in [-0.2, 0) is 13.6 Å². The van der Waals surface area contributed by atoms with E-state index >= 15 is 4.39 Å². The Morgan fingerprint density at radius 3 is 2.36 bits per heavy atom. The van der Waals surface area contributed by atoms with Crippen molar-refractivity contribution in [2.24, 2.45) is 7.05 Å². The second kappa shape index (κ2) is 8.57. The quantitative estimate of drug-likeness (QED) is 0.738. The maximum Gasteiger partial charge on any atom is 0.251 e. The zero-order chi connectivity index (χ0) is 20.5. The van der Waals surface area contributed by atoms with Crippen LogP contribution in [0.25, 0.3) is 0 Å². The van der Waals surface area contributed by atoms with E-state index in [0.29, 0.717) is 53.2 Å². The Hall–Kier alpha value is -1.34. The normalized spacial score (nSPS) is 16.9. The Balaban J connectivity index is 1.53. The summed E-state index contributed by atoms with van der Waals surface area (Å²) in [4.78, 5) is 14.4. The molecule has 152 valence electrons. The predicted octanol–water partition coefficient (Wildman–Crippen LogP) is 4.42. The summed E-state index contributed by atoms with van der Waals surface area (Å²) in [6.07, 6.45) is 0.668. The van der Waals surface area contributed by atoms with Crippen LogP contribution in [0.5, 0.6) is 0 Å². The van der Waals surface area contributed by atoms with Gasteiger partial charge in [0.15, 0.2) is 0 Å². The van der Waals surface area contributed by atoms with Crippen LogP contribution in [0.3, 0.4) is 0 Å². The molecule has 2 aromatic rings. The molecule has 0 spiro atoms. The highest BCUT2D eigenvalue weighted by atomic mass is 35.5. The van der Waals surface area contributed by atoms with Gasteiger partial charge in [-0.25, -0.2) is 4.39 Å². The number of amides is 1. The molecule has 9 heteroatoms. The van der Waals surface area contributed by atoms with Crippen molar-refractivity contribution in [1.29, 1.82) is 0 Å². The van der Waals surface area contributed by atoms with Crippen LogP contribution in [0, 0.1) is 6.92 Å². The van der Waals surface area contributed by atoms with Crippen molar-refractivity contribution in [3.8, 4) is 0 Å². The molecule has 1 amide bonds. The summed E-state index contributed by atoms with van der Waals surface area (Å²) < 4.78 is 16.8. The monoisotopic (exact) mass is 446 g/mol. The van der Waals surface area contributed by atoms with Crippen LogP contribution in [0.4, 0.5) is 4.39 Å². The first-order valence-corrected chi connectivity index (χ1v) is 10.1. The smallest absolute Gasteiger partial charge is 0.251 e. The lowest BCUT2D eigenvalue weighted by molar-refractivity contribution is 0.0517. The van der Waals surface area contributed by atoms with E-state index in [9.17, 15) is 4.79 Å². The zero-order valence-corrected chi connectivity index (χ0v) is 18.0. The highest BCUT2D eigenvalue weighted by molar-refractivity contribution is 6.35. The fourth-order valence-corrected chi connectivity index (χ4v) is 4.15. The number of nitrogens with one attached hydrogen (secondary N) is 1. The first-order valence-electron chi connectivity index (χ1n) is 9.00. The minimum Gasteiger partial charge on any atom is -0.349 e. The highest BCUT2D eigenvalue weighted by Gasteiger charge is 2.35. The van der Waals surface area contributed by atoms with E-state index in [0.717, 1.165) is 11.3 Å². The topological polar surface area (TPSA) is 50.2 Å². The maximum atomic E-state index is 15.1. The second-order valence-electron chi connectivity index (χ2n) is 7.25. The van der Waals surface area contributed by atoms with Gasteiger partial charge in [0.25, 0.3) is 5.91 Å². The summed E-state index contributed by atoms with van der Waals surface area (Å²) in [5.41, 5.74) is 0.737. The summed E-state index contributed by atoms with van der Waals surface area (Å²) in [5.74, 6) is -0.387. The molecule has 0 unspecified atom stereocenters. The van der Waals surface area contributed by atoms with Gasteiger partial charge in [0.1, 0.15) is 10.8 Å². The standard InChI is InChI=1S/C19H22Cl3FN4O/c1-12-16(17(22)26(2)25-12)10-27-5-3-19(23,4-6-27)11-24-18(28)13-7-14(20)9-15(21)8-13/h7-9H,3-6,10-11H2,1-2H3,(H,24,28). The Morgan fingerprint density at radius 1 is 1.21 bits per heavy atom. The molecule has 5 nitrogen and oxygen atoms in total. The van der Waals surface area contributed by atoms with Crippen LogP contribution >= 0.6 is 34.8 Å². The van der Waals surface area contributed by atoms with Gasteiger partial charge in [-0.3, -0.25) is 14.4 Å². The number of hydrogen-bond donors (Lipinski definition) is 1. The second-order valence-corrected chi connectivity index (χ2v) is 8.48. The molecule has 1 N–H and O–H groups in total. The molecular weight excluding hydrogens is 426 g/mol. The van der Waals surface area contributed by atoms with Crippen LogP contribution in [0.1, 0.15) is 34.5 Å². The predicted molar refractivity (Wildman–Crippen MR) is 110 cm³/mol. The number of likely N-dealkylation sites (tertiary alicyclic amines) is 1. The van der Waals surface area contributed by atoms with Gasteiger partial charge in [0, 0.05) is 47.9 Å². The van der Waals surface area contributed by atoms with E-state index < -0.39 is 5.67 Å². The summed E-state index contributed by atoms with van der Waals surface area (Å²) in [5, 5.41) is 8.32. The Kier molecular flexibility index (Phi) is 6.54. The molecule has 1 fully saturated rings. The number of halogens is 4. The van der Waals surface area contributed by atoms with Crippen molar-refractivity contribution in [3.63, 3.8) is 0 Å². The summed E-state index contributed by atoms with van der Waals surface area (Å²) >= 11 is 18.1. The van der Waals surface area contributed by atoms with Gasteiger partial charge in [-0.2, -0.15) is 5.10 Å². The first kappa shape index (κ1) is 21.4. The molecule has 2 heterocycles. The molecule has 1 saturated heterocycles. The van der Waals surface area contributed by atoms with E-state index in [2.05, 4.69) is 15.3 Å². The fourth-order valence-electron chi connectivity index (χ4n) is 3.39. The summed E-state index contributed by atoms with van der Waals surface area (Å²) in [6.45, 7) is 3.68. The minimum atomic E-state index is -1.44. The number of alkyl halides is 1. The van der Waals surface area contributed by atoms with E-state index in [1.165, 1.54) is 12.1 Å². The van der Waals surface area contributed by atoms with Crippen LogP contribution in [-0.4, -0.2) is 45.9 Å². The van der Waals surface area contributed by atoms with Gasteiger partial charge in [-0.1, -0.05) is 34.8 Å². The fraction of sp³-hybridized carbons (Fsp3) is 0.474. The van der Waals surface area contributed by atoms with Crippen molar-refractivity contribution in [3.05, 3.63) is 50.2 Å². The van der Waals surface area contributed by atoms with Gasteiger partial charge in [-0.05, 0) is 38.0 Å². The molecule has 1 aliphatic rings. The molecule has 0 bridgehead atoms. The molecule has 1 aromatic carbocycles. The van der Waals surface area contributed by atoms with Crippen molar-refractivity contribution in [2.45, 2.75) is 32.0 Å². The molecule has 1 aliphatic heterocycles. The van der Waals surface area contributed by atoms with E-state index in [-0.39, 0.29) is 12.5 Å². The van der Waals surface area contributed by atoms with Crippen LogP contribution in [0.15, 0.2) is 18.2 Å². The van der Waals surface area contributed by atoms with Crippen molar-refractivity contribution in [2.75, 3.05) is 19.6 Å². The van der Waals surface area contributed by atoms with E-state index in [4.69, 9.17) is 34.8 Å². The molecule has 0 radical (unpaired) electrons. The zero-order valence-electron chi connectivity index (χ0n) is 15.7. The molecule has 0 aliphatic carbocycles. The average Bonchev–Trinajstić information content (AvgIpc) is 2.87. The number of rotatable bonds is 5. The number of hydrogen-bond acceptors (Lipinski definition) is 3. The lowest BCUT2D eigenvalue weighted by atomic mass is 9.93. The third kappa shape index (κ3) is 4.98. The van der Waals surface area contributed by atoms with Gasteiger partial charge >= 0.3 is 0 Å². The summed E-state index contributed by atoms with van der Waals surface area (Å²) in [6, 6.07) is 4.56. The minimum absolute atomic E-state index is 0.0452. The number of nitrogens with zero attached hydrogens (tertiary/aromatic N) is 3. The first-order chi connectivity index (χ1) is 13.2. The molecular formula is C19H22Cl3FN4O. The van der Waals surface area contributed by atoms with E-state index in [1.807, 2.05) is 6.92 Å². The SMILES string of the molecule is Cc1nn(C)c(Cl)c1CN1CCC(F)(CNC(=O)c2cc(Cl)cc(Cl)c2)CC1. The van der Waals surface area contributed by atoms with Gasteiger partial charge in [-0.15, -0.1) is 0 Å². The van der Waals surface area contributed by atoms with E-state index in [1.54, 1.807) is 17.8 Å². The number of benzene rings is 1. The average molecular weight is 448 g/mol. The van der Waals surface area contributed by atoms with Crippen molar-refractivity contribution in [1.82, 2.24) is 20.0 Å². The van der Waals surface area contributed by atoms with Gasteiger partial charge < -0.3 is 5.32 Å². The number of piperidine rings is 1.